The number of aliphatic carboxylic acids is 1. The van der Waals surface area contributed by atoms with Crippen LogP contribution in [0.15, 0.2) is 12.2 Å². The third kappa shape index (κ3) is 15.2. The Balaban J connectivity index is 3.32. The van der Waals surface area contributed by atoms with Crippen molar-refractivity contribution in [3.63, 3.8) is 0 Å². The molecule has 0 aromatic rings. The van der Waals surface area contributed by atoms with Gasteiger partial charge < -0.3 is 5.11 Å². The molecule has 0 fully saturated rings. The highest BCUT2D eigenvalue weighted by atomic mass is 16.4. The molecule has 1 atom stereocenters. The number of carboxylic acid groups (broad SMARTS) is 1. The zero-order chi connectivity index (χ0) is 14.3. The standard InChI is InChI=1S/C17H32O2/c1-3-4-5-6-7-8-10-13-16(2)14-11-9-12-15-17(18)19/h10,13,16H,3-9,11-12,14-15H2,1-2H3,(H,18,19)/b13-10+. The molecule has 0 spiro atoms. The van der Waals surface area contributed by atoms with Gasteiger partial charge in [0.15, 0.2) is 0 Å². The third-order valence-corrected chi connectivity index (χ3v) is 3.49. The van der Waals surface area contributed by atoms with Gasteiger partial charge in [-0.3, -0.25) is 4.79 Å². The molecule has 0 amide bonds. The SMILES string of the molecule is CCCCCCC/C=C/C(C)CCCCCC(=O)O. The maximum absolute atomic E-state index is 10.4. The largest absolute Gasteiger partial charge is 0.481 e. The summed E-state index contributed by atoms with van der Waals surface area (Å²) in [6.45, 7) is 4.50. The van der Waals surface area contributed by atoms with Crippen LogP contribution in [0.2, 0.25) is 0 Å². The van der Waals surface area contributed by atoms with Crippen molar-refractivity contribution in [2.24, 2.45) is 5.92 Å². The fraction of sp³-hybridized carbons (Fsp3) is 0.824. The molecule has 0 aromatic heterocycles. The van der Waals surface area contributed by atoms with Crippen molar-refractivity contribution < 1.29 is 9.90 Å². The van der Waals surface area contributed by atoms with Crippen molar-refractivity contribution >= 4 is 5.97 Å². The zero-order valence-electron chi connectivity index (χ0n) is 12.9. The highest BCUT2D eigenvalue weighted by Gasteiger charge is 1.99. The van der Waals surface area contributed by atoms with Crippen molar-refractivity contribution in [3.05, 3.63) is 12.2 Å². The van der Waals surface area contributed by atoms with E-state index >= 15 is 0 Å². The molecule has 1 N–H and O–H groups in total. The van der Waals surface area contributed by atoms with E-state index in [1.54, 1.807) is 0 Å². The average molecular weight is 268 g/mol. The van der Waals surface area contributed by atoms with Crippen LogP contribution in [0.3, 0.4) is 0 Å². The number of rotatable bonds is 13. The van der Waals surface area contributed by atoms with E-state index < -0.39 is 5.97 Å². The molecular formula is C17H32O2. The Bertz CT molecular complexity index is 233. The van der Waals surface area contributed by atoms with Crippen LogP contribution in [0.25, 0.3) is 0 Å². The monoisotopic (exact) mass is 268 g/mol. The van der Waals surface area contributed by atoms with Crippen LogP contribution < -0.4 is 0 Å². The fourth-order valence-corrected chi connectivity index (χ4v) is 2.21. The maximum atomic E-state index is 10.4. The summed E-state index contributed by atoms with van der Waals surface area (Å²) in [6.07, 6.45) is 17.1. The van der Waals surface area contributed by atoms with Crippen LogP contribution in [0, 0.1) is 5.92 Å². The summed E-state index contributed by atoms with van der Waals surface area (Å²) in [5.41, 5.74) is 0. The first-order valence-corrected chi connectivity index (χ1v) is 8.05. The van der Waals surface area contributed by atoms with Gasteiger partial charge in [0.05, 0.1) is 0 Å². The van der Waals surface area contributed by atoms with Crippen molar-refractivity contribution in [3.8, 4) is 0 Å². The number of allylic oxidation sites excluding steroid dienone is 2. The van der Waals surface area contributed by atoms with Gasteiger partial charge in [0.2, 0.25) is 0 Å². The number of unbranched alkanes of at least 4 members (excludes halogenated alkanes) is 7. The van der Waals surface area contributed by atoms with E-state index in [1.807, 2.05) is 0 Å². The van der Waals surface area contributed by atoms with E-state index in [9.17, 15) is 4.79 Å². The van der Waals surface area contributed by atoms with E-state index in [-0.39, 0.29) is 0 Å². The van der Waals surface area contributed by atoms with Crippen molar-refractivity contribution in [1.82, 2.24) is 0 Å². The molecule has 2 heteroatoms. The van der Waals surface area contributed by atoms with Crippen LogP contribution in [0.1, 0.15) is 84.5 Å². The molecule has 112 valence electrons. The van der Waals surface area contributed by atoms with E-state index in [1.165, 1.54) is 44.9 Å². The molecule has 0 bridgehead atoms. The Morgan fingerprint density at radius 2 is 1.74 bits per heavy atom. The third-order valence-electron chi connectivity index (χ3n) is 3.49. The van der Waals surface area contributed by atoms with Gasteiger partial charge in [-0.05, 0) is 31.6 Å². The molecule has 0 aliphatic carbocycles. The second-order valence-electron chi connectivity index (χ2n) is 5.60. The molecule has 2 nitrogen and oxygen atoms in total. The Kier molecular flexibility index (Phi) is 13.1. The molecule has 0 aliphatic heterocycles. The number of hydrogen-bond donors (Lipinski definition) is 1. The van der Waals surface area contributed by atoms with E-state index in [0.29, 0.717) is 12.3 Å². The Morgan fingerprint density at radius 3 is 2.42 bits per heavy atom. The van der Waals surface area contributed by atoms with Crippen LogP contribution in [-0.4, -0.2) is 11.1 Å². The molecule has 19 heavy (non-hydrogen) atoms. The van der Waals surface area contributed by atoms with Crippen molar-refractivity contribution in [1.29, 1.82) is 0 Å². The molecule has 0 radical (unpaired) electrons. The summed E-state index contributed by atoms with van der Waals surface area (Å²) in [5.74, 6) is -0.0310. The minimum Gasteiger partial charge on any atom is -0.481 e. The zero-order valence-corrected chi connectivity index (χ0v) is 12.9. The Morgan fingerprint density at radius 1 is 1.05 bits per heavy atom. The van der Waals surface area contributed by atoms with Gasteiger partial charge in [-0.15, -0.1) is 0 Å². The molecule has 0 aromatic carbocycles. The van der Waals surface area contributed by atoms with Crippen LogP contribution in [-0.2, 0) is 4.79 Å². The van der Waals surface area contributed by atoms with Gasteiger partial charge in [-0.25, -0.2) is 0 Å². The summed E-state index contributed by atoms with van der Waals surface area (Å²) >= 11 is 0. The maximum Gasteiger partial charge on any atom is 0.303 e. The lowest BCUT2D eigenvalue weighted by atomic mass is 10.0. The van der Waals surface area contributed by atoms with Gasteiger partial charge in [-0.2, -0.15) is 0 Å². The van der Waals surface area contributed by atoms with Crippen molar-refractivity contribution in [2.75, 3.05) is 0 Å². The highest BCUT2D eigenvalue weighted by molar-refractivity contribution is 5.66. The van der Waals surface area contributed by atoms with Gasteiger partial charge >= 0.3 is 5.97 Å². The summed E-state index contributed by atoms with van der Waals surface area (Å²) in [7, 11) is 0. The lowest BCUT2D eigenvalue weighted by Crippen LogP contribution is -1.95. The topological polar surface area (TPSA) is 37.3 Å². The van der Waals surface area contributed by atoms with Crippen LogP contribution in [0.5, 0.6) is 0 Å². The summed E-state index contributed by atoms with van der Waals surface area (Å²) < 4.78 is 0. The Hall–Kier alpha value is -0.790. The summed E-state index contributed by atoms with van der Waals surface area (Å²) in [6, 6.07) is 0. The molecule has 0 saturated carbocycles. The number of carboxylic acids is 1. The van der Waals surface area contributed by atoms with Crippen LogP contribution in [0.4, 0.5) is 0 Å². The van der Waals surface area contributed by atoms with Gasteiger partial charge in [0, 0.05) is 6.42 Å². The quantitative estimate of drug-likeness (QED) is 0.350. The first kappa shape index (κ1) is 18.2. The molecule has 0 rings (SSSR count). The molecule has 0 saturated heterocycles. The van der Waals surface area contributed by atoms with E-state index in [0.717, 1.165) is 19.3 Å². The minimum absolute atomic E-state index is 0.321. The lowest BCUT2D eigenvalue weighted by molar-refractivity contribution is -0.137. The van der Waals surface area contributed by atoms with E-state index in [2.05, 4.69) is 26.0 Å². The van der Waals surface area contributed by atoms with Crippen molar-refractivity contribution in [2.45, 2.75) is 84.5 Å². The van der Waals surface area contributed by atoms with Gasteiger partial charge in [0.25, 0.3) is 0 Å². The van der Waals surface area contributed by atoms with Gasteiger partial charge in [0.1, 0.15) is 0 Å². The number of hydrogen-bond acceptors (Lipinski definition) is 1. The van der Waals surface area contributed by atoms with E-state index in [4.69, 9.17) is 5.11 Å². The first-order valence-electron chi connectivity index (χ1n) is 8.05. The lowest BCUT2D eigenvalue weighted by Gasteiger charge is -2.05. The molecular weight excluding hydrogens is 236 g/mol. The predicted octanol–water partition coefficient (Wildman–Crippen LogP) is 5.57. The average Bonchev–Trinajstić information content (AvgIpc) is 2.37. The fourth-order valence-electron chi connectivity index (χ4n) is 2.21. The number of carbonyl (C=O) groups is 1. The highest BCUT2D eigenvalue weighted by Crippen LogP contribution is 2.13. The molecule has 0 heterocycles. The van der Waals surface area contributed by atoms with Gasteiger partial charge in [-0.1, -0.05) is 64.5 Å². The minimum atomic E-state index is -0.670. The predicted molar refractivity (Wildman–Crippen MR) is 82.4 cm³/mol. The Labute approximate surface area is 119 Å². The summed E-state index contributed by atoms with van der Waals surface area (Å²) in [5, 5.41) is 8.53. The second-order valence-corrected chi connectivity index (χ2v) is 5.60. The molecule has 0 aliphatic rings. The van der Waals surface area contributed by atoms with Crippen LogP contribution >= 0.6 is 0 Å². The molecule has 1 unspecified atom stereocenters. The smallest absolute Gasteiger partial charge is 0.303 e. The second kappa shape index (κ2) is 13.6. The normalized spacial score (nSPS) is 12.9. The first-order chi connectivity index (χ1) is 9.16. The summed E-state index contributed by atoms with van der Waals surface area (Å²) in [4.78, 5) is 10.4.